The second-order valence-corrected chi connectivity index (χ2v) is 10.7. The zero-order chi connectivity index (χ0) is 29.0. The summed E-state index contributed by atoms with van der Waals surface area (Å²) < 4.78 is 10.9. The van der Waals surface area contributed by atoms with Crippen molar-refractivity contribution in [3.05, 3.63) is 54.2 Å². The standard InChI is InChI=1S/C28H34N6O5/c1-9-22(35)19-13-17(2)21(15-30-19)33-18-11-10-12-29-24(18)20-14-23(32-16-31-20)34(25(36)38-27(3,4)5)26(37)39-28(6,7)8/h10-16,33H,9H2,1-8H3. The highest BCUT2D eigenvalue weighted by atomic mass is 16.6. The van der Waals surface area contributed by atoms with Gasteiger partial charge < -0.3 is 14.8 Å². The summed E-state index contributed by atoms with van der Waals surface area (Å²) in [4.78, 5) is 56.1. The Morgan fingerprint density at radius 3 is 2.10 bits per heavy atom. The molecule has 206 valence electrons. The number of ketones is 1. The van der Waals surface area contributed by atoms with Crippen molar-refractivity contribution in [2.24, 2.45) is 0 Å². The molecule has 0 aliphatic carbocycles. The van der Waals surface area contributed by atoms with Crippen LogP contribution in [0.5, 0.6) is 0 Å². The molecule has 3 aromatic heterocycles. The van der Waals surface area contributed by atoms with Crippen LogP contribution >= 0.6 is 0 Å². The SMILES string of the molecule is CCC(=O)c1cc(C)c(Nc2cccnc2-c2cc(N(C(=O)OC(C)(C)C)C(=O)OC(C)(C)C)ncn2)cn1. The van der Waals surface area contributed by atoms with Gasteiger partial charge in [0, 0.05) is 18.7 Å². The number of anilines is 3. The summed E-state index contributed by atoms with van der Waals surface area (Å²) in [5.41, 5.74) is 1.52. The molecule has 3 aromatic rings. The van der Waals surface area contributed by atoms with Crippen molar-refractivity contribution in [2.75, 3.05) is 10.2 Å². The molecule has 0 aliphatic rings. The largest absolute Gasteiger partial charge is 0.443 e. The van der Waals surface area contributed by atoms with Gasteiger partial charge in [0.15, 0.2) is 11.6 Å². The second kappa shape index (κ2) is 11.5. The predicted molar refractivity (Wildman–Crippen MR) is 147 cm³/mol. The zero-order valence-electron chi connectivity index (χ0n) is 23.5. The summed E-state index contributed by atoms with van der Waals surface area (Å²) in [6.45, 7) is 13.8. The lowest BCUT2D eigenvalue weighted by Gasteiger charge is -2.28. The van der Waals surface area contributed by atoms with Crippen molar-refractivity contribution in [2.45, 2.75) is 73.0 Å². The van der Waals surface area contributed by atoms with Crippen LogP contribution in [0.15, 0.2) is 43.0 Å². The molecule has 39 heavy (non-hydrogen) atoms. The van der Waals surface area contributed by atoms with E-state index in [1.165, 1.54) is 12.4 Å². The molecule has 3 rings (SSSR count). The summed E-state index contributed by atoms with van der Waals surface area (Å²) in [7, 11) is 0. The molecule has 11 nitrogen and oxygen atoms in total. The quantitative estimate of drug-likeness (QED) is 0.361. The van der Waals surface area contributed by atoms with E-state index < -0.39 is 23.4 Å². The molecular weight excluding hydrogens is 500 g/mol. The number of hydrogen-bond donors (Lipinski definition) is 1. The van der Waals surface area contributed by atoms with Crippen LogP contribution in [0.25, 0.3) is 11.4 Å². The number of nitrogens with zero attached hydrogens (tertiary/aromatic N) is 5. The van der Waals surface area contributed by atoms with E-state index in [0.29, 0.717) is 34.9 Å². The number of rotatable bonds is 6. The molecule has 0 saturated carbocycles. The van der Waals surface area contributed by atoms with E-state index in [1.54, 1.807) is 79.1 Å². The van der Waals surface area contributed by atoms with Gasteiger partial charge in [0.2, 0.25) is 0 Å². The molecule has 0 spiro atoms. The Labute approximate surface area is 228 Å². The number of ether oxygens (including phenoxy) is 2. The van der Waals surface area contributed by atoms with Crippen molar-refractivity contribution >= 4 is 35.2 Å². The molecule has 0 atom stereocenters. The summed E-state index contributed by atoms with van der Waals surface area (Å²) in [5, 5.41) is 3.29. The minimum Gasteiger partial charge on any atom is -0.443 e. The van der Waals surface area contributed by atoms with E-state index in [4.69, 9.17) is 9.47 Å². The molecule has 0 unspecified atom stereocenters. The number of nitrogens with one attached hydrogen (secondary N) is 1. The van der Waals surface area contributed by atoms with E-state index in [9.17, 15) is 14.4 Å². The van der Waals surface area contributed by atoms with Gasteiger partial charge in [-0.15, -0.1) is 0 Å². The zero-order valence-corrected chi connectivity index (χ0v) is 23.5. The maximum Gasteiger partial charge on any atom is 0.425 e. The van der Waals surface area contributed by atoms with Crippen LogP contribution < -0.4 is 10.2 Å². The molecule has 0 aliphatic heterocycles. The fourth-order valence-corrected chi connectivity index (χ4v) is 3.35. The lowest BCUT2D eigenvalue weighted by Crippen LogP contribution is -2.44. The lowest BCUT2D eigenvalue weighted by atomic mass is 10.1. The first-order valence-electron chi connectivity index (χ1n) is 12.5. The number of hydrogen-bond acceptors (Lipinski definition) is 10. The minimum absolute atomic E-state index is 0.0413. The molecule has 11 heteroatoms. The van der Waals surface area contributed by atoms with Crippen LogP contribution in [0.3, 0.4) is 0 Å². The second-order valence-electron chi connectivity index (χ2n) is 10.7. The van der Waals surface area contributed by atoms with Gasteiger partial charge in [0.1, 0.15) is 28.9 Å². The molecule has 0 bridgehead atoms. The van der Waals surface area contributed by atoms with Crippen LogP contribution in [0.2, 0.25) is 0 Å². The molecule has 2 amide bonds. The Kier molecular flexibility index (Phi) is 8.63. The Bertz CT molecular complexity index is 1350. The number of carbonyl (C=O) groups is 3. The van der Waals surface area contributed by atoms with E-state index in [2.05, 4.69) is 25.3 Å². The summed E-state index contributed by atoms with van der Waals surface area (Å²) in [6.07, 6.45) is 2.89. The van der Waals surface area contributed by atoms with Crippen molar-refractivity contribution in [1.82, 2.24) is 19.9 Å². The molecule has 0 aromatic carbocycles. The fourth-order valence-electron chi connectivity index (χ4n) is 3.35. The highest BCUT2D eigenvalue weighted by Crippen LogP contribution is 2.30. The first-order valence-corrected chi connectivity index (χ1v) is 12.5. The Hall–Kier alpha value is -4.41. The van der Waals surface area contributed by atoms with E-state index in [-0.39, 0.29) is 11.6 Å². The summed E-state index contributed by atoms with van der Waals surface area (Å²) >= 11 is 0. The van der Waals surface area contributed by atoms with E-state index in [1.807, 2.05) is 6.92 Å². The van der Waals surface area contributed by atoms with Gasteiger partial charge in [-0.3, -0.25) is 14.8 Å². The maximum atomic E-state index is 13.1. The average molecular weight is 535 g/mol. The number of amides is 2. The van der Waals surface area contributed by atoms with Gasteiger partial charge in [-0.05, 0) is 72.2 Å². The lowest BCUT2D eigenvalue weighted by molar-refractivity contribution is 0.0428. The van der Waals surface area contributed by atoms with Crippen LogP contribution in [0, 0.1) is 6.92 Å². The molecule has 1 N–H and O–H groups in total. The van der Waals surface area contributed by atoms with E-state index in [0.717, 1.165) is 10.5 Å². The molecule has 0 saturated heterocycles. The van der Waals surface area contributed by atoms with Gasteiger partial charge in [-0.2, -0.15) is 4.90 Å². The van der Waals surface area contributed by atoms with Crippen molar-refractivity contribution in [3.63, 3.8) is 0 Å². The van der Waals surface area contributed by atoms with Crippen molar-refractivity contribution < 1.29 is 23.9 Å². The highest BCUT2D eigenvalue weighted by Gasteiger charge is 2.34. The molecule has 3 heterocycles. The minimum atomic E-state index is -0.941. The van der Waals surface area contributed by atoms with E-state index >= 15 is 0 Å². The Morgan fingerprint density at radius 2 is 1.54 bits per heavy atom. The number of aromatic nitrogens is 4. The summed E-state index contributed by atoms with van der Waals surface area (Å²) in [5.74, 6) is -0.0832. The summed E-state index contributed by atoms with van der Waals surface area (Å²) in [6, 6.07) is 6.73. The topological polar surface area (TPSA) is 136 Å². The third-order valence-electron chi connectivity index (χ3n) is 5.07. The molecular formula is C28H34N6O5. The predicted octanol–water partition coefficient (Wildman–Crippen LogP) is 6.25. The number of carbonyl (C=O) groups excluding carboxylic acids is 3. The maximum absolute atomic E-state index is 13.1. The first kappa shape index (κ1) is 29.2. The Morgan fingerprint density at radius 1 is 0.897 bits per heavy atom. The van der Waals surface area contributed by atoms with Crippen LogP contribution in [0.1, 0.15) is 70.9 Å². The van der Waals surface area contributed by atoms with Gasteiger partial charge in [-0.1, -0.05) is 6.92 Å². The highest BCUT2D eigenvalue weighted by molar-refractivity contribution is 6.09. The molecule has 0 radical (unpaired) electrons. The van der Waals surface area contributed by atoms with Crippen molar-refractivity contribution in [1.29, 1.82) is 0 Å². The Balaban J connectivity index is 2.01. The van der Waals surface area contributed by atoms with Gasteiger partial charge in [0.25, 0.3) is 0 Å². The first-order chi connectivity index (χ1) is 18.2. The molecule has 0 fully saturated rings. The van der Waals surface area contributed by atoms with Crippen LogP contribution in [0.4, 0.5) is 26.8 Å². The number of aryl methyl sites for hydroxylation is 1. The average Bonchev–Trinajstić information content (AvgIpc) is 2.83. The van der Waals surface area contributed by atoms with Crippen LogP contribution in [-0.4, -0.2) is 49.1 Å². The number of Topliss-reactive ketones (excluding diaryl/α,β-unsaturated/α-hetero) is 1. The number of imide groups is 1. The van der Waals surface area contributed by atoms with Gasteiger partial charge in [0.05, 0.1) is 23.3 Å². The third-order valence-corrected chi connectivity index (χ3v) is 5.07. The normalized spacial score (nSPS) is 11.5. The van der Waals surface area contributed by atoms with Gasteiger partial charge in [-0.25, -0.2) is 19.6 Å². The third kappa shape index (κ3) is 7.79. The van der Waals surface area contributed by atoms with Gasteiger partial charge >= 0.3 is 12.2 Å². The fraction of sp³-hybridized carbons (Fsp3) is 0.393. The smallest absolute Gasteiger partial charge is 0.425 e. The van der Waals surface area contributed by atoms with Crippen molar-refractivity contribution in [3.8, 4) is 11.4 Å². The van der Waals surface area contributed by atoms with Crippen LogP contribution in [-0.2, 0) is 9.47 Å². The monoisotopic (exact) mass is 534 g/mol. The number of pyridine rings is 2.